The monoisotopic (exact) mass is 338 g/mol. The van der Waals surface area contributed by atoms with E-state index in [1.54, 1.807) is 12.1 Å². The zero-order valence-corrected chi connectivity index (χ0v) is 14.6. The predicted molar refractivity (Wildman–Crippen MR) is 91.6 cm³/mol. The van der Waals surface area contributed by atoms with Crippen molar-refractivity contribution < 1.29 is 9.53 Å². The molecule has 0 bridgehead atoms. The molecule has 0 fully saturated rings. The zero-order valence-electron chi connectivity index (χ0n) is 13.0. The van der Waals surface area contributed by atoms with Crippen molar-refractivity contribution in [2.75, 3.05) is 0 Å². The minimum Gasteiger partial charge on any atom is -0.456 e. The summed E-state index contributed by atoms with van der Waals surface area (Å²) in [5.74, 6) is -0.368. The first-order valence-electron chi connectivity index (χ1n) is 6.94. The molecule has 0 spiro atoms. The number of thiocarbonyl (C=S) groups is 1. The molecule has 0 aromatic heterocycles. The van der Waals surface area contributed by atoms with Gasteiger partial charge in [-0.15, -0.1) is 0 Å². The number of esters is 1. The number of benzene rings is 1. The van der Waals surface area contributed by atoms with Gasteiger partial charge in [0, 0.05) is 10.7 Å². The molecule has 1 aliphatic heterocycles. The van der Waals surface area contributed by atoms with Crippen molar-refractivity contribution in [3.63, 3.8) is 0 Å². The highest BCUT2D eigenvalue weighted by atomic mass is 35.5. The number of hydrogen-bond acceptors (Lipinski definition) is 3. The minimum atomic E-state index is -0.563. The van der Waals surface area contributed by atoms with E-state index in [1.165, 1.54) is 0 Å². The third kappa shape index (κ3) is 3.99. The molecule has 6 heteroatoms. The van der Waals surface area contributed by atoms with Crippen LogP contribution in [0.3, 0.4) is 0 Å². The van der Waals surface area contributed by atoms with Crippen molar-refractivity contribution in [2.24, 2.45) is 0 Å². The van der Waals surface area contributed by atoms with Crippen LogP contribution in [0.5, 0.6) is 0 Å². The van der Waals surface area contributed by atoms with E-state index in [-0.39, 0.29) is 12.0 Å². The molecule has 1 aromatic carbocycles. The van der Waals surface area contributed by atoms with Crippen LogP contribution in [0.15, 0.2) is 35.5 Å². The maximum Gasteiger partial charge on any atom is 0.338 e. The number of nitrogens with one attached hydrogen (secondary N) is 2. The van der Waals surface area contributed by atoms with Crippen LogP contribution in [0.2, 0.25) is 5.02 Å². The Balaban J connectivity index is 2.41. The summed E-state index contributed by atoms with van der Waals surface area (Å²) in [4.78, 5) is 12.6. The van der Waals surface area contributed by atoms with Crippen molar-refractivity contribution >= 4 is 34.9 Å². The number of halogens is 1. The molecule has 0 amide bonds. The van der Waals surface area contributed by atoms with Gasteiger partial charge < -0.3 is 15.4 Å². The van der Waals surface area contributed by atoms with Crippen LogP contribution in [-0.2, 0) is 9.53 Å². The molecule has 0 saturated heterocycles. The lowest BCUT2D eigenvalue weighted by molar-refractivity contribution is -0.150. The normalized spacial score (nSPS) is 18.6. The number of allylic oxidation sites excluding steroid dienone is 1. The van der Waals surface area contributed by atoms with Gasteiger partial charge in [0.05, 0.1) is 11.6 Å². The number of carbonyl (C=O) groups excluding carboxylic acids is 1. The van der Waals surface area contributed by atoms with Gasteiger partial charge in [0.1, 0.15) is 5.60 Å². The van der Waals surface area contributed by atoms with E-state index >= 15 is 0 Å². The van der Waals surface area contributed by atoms with Crippen molar-refractivity contribution in [3.05, 3.63) is 46.1 Å². The van der Waals surface area contributed by atoms with Gasteiger partial charge in [-0.25, -0.2) is 4.79 Å². The third-order valence-electron chi connectivity index (χ3n) is 3.09. The second-order valence-corrected chi connectivity index (χ2v) is 6.97. The lowest BCUT2D eigenvalue weighted by Crippen LogP contribution is -2.45. The van der Waals surface area contributed by atoms with E-state index in [2.05, 4.69) is 10.6 Å². The number of ether oxygens (including phenoxy) is 1. The molecule has 1 heterocycles. The average molecular weight is 339 g/mol. The Kier molecular flexibility index (Phi) is 4.78. The molecule has 0 saturated carbocycles. The lowest BCUT2D eigenvalue weighted by Gasteiger charge is -2.31. The fourth-order valence-electron chi connectivity index (χ4n) is 2.20. The van der Waals surface area contributed by atoms with Gasteiger partial charge in [-0.05, 0) is 57.6 Å². The van der Waals surface area contributed by atoms with E-state index in [9.17, 15) is 4.79 Å². The third-order valence-corrected chi connectivity index (χ3v) is 3.56. The van der Waals surface area contributed by atoms with Crippen LogP contribution >= 0.6 is 23.8 Å². The first-order chi connectivity index (χ1) is 10.2. The fraction of sp³-hybridized carbons (Fsp3) is 0.375. The first kappa shape index (κ1) is 16.8. The maximum atomic E-state index is 12.6. The molecular weight excluding hydrogens is 320 g/mol. The maximum absolute atomic E-state index is 12.6. The number of carbonyl (C=O) groups is 1. The summed E-state index contributed by atoms with van der Waals surface area (Å²) in [6, 6.07) is 6.94. The Bertz CT molecular complexity index is 633. The van der Waals surface area contributed by atoms with Gasteiger partial charge in [-0.2, -0.15) is 0 Å². The Hall–Kier alpha value is -1.59. The summed E-state index contributed by atoms with van der Waals surface area (Å²) in [6.45, 7) is 7.33. The van der Waals surface area contributed by atoms with Crippen LogP contribution in [0.25, 0.3) is 0 Å². The second kappa shape index (κ2) is 6.26. The summed E-state index contributed by atoms with van der Waals surface area (Å²) in [5, 5.41) is 7.21. The molecule has 1 unspecified atom stereocenters. The number of hydrogen-bond donors (Lipinski definition) is 2. The predicted octanol–water partition coefficient (Wildman–Crippen LogP) is 3.47. The van der Waals surface area contributed by atoms with Gasteiger partial charge in [-0.1, -0.05) is 23.7 Å². The van der Waals surface area contributed by atoms with Crippen LogP contribution in [0.4, 0.5) is 0 Å². The van der Waals surface area contributed by atoms with Gasteiger partial charge in [0.15, 0.2) is 5.11 Å². The van der Waals surface area contributed by atoms with Crippen molar-refractivity contribution in [2.45, 2.75) is 39.3 Å². The SMILES string of the molecule is CC1=C(C(=O)OC(C)(C)C)C(c2ccc(Cl)cc2)NC(=S)N1. The molecule has 1 aliphatic rings. The Labute approximate surface area is 140 Å². The molecule has 4 nitrogen and oxygen atoms in total. The molecule has 22 heavy (non-hydrogen) atoms. The highest BCUT2D eigenvalue weighted by Crippen LogP contribution is 2.29. The minimum absolute atomic E-state index is 0.360. The average Bonchev–Trinajstić information content (AvgIpc) is 2.36. The van der Waals surface area contributed by atoms with Crippen molar-refractivity contribution in [3.8, 4) is 0 Å². The molecule has 0 aliphatic carbocycles. The van der Waals surface area contributed by atoms with Gasteiger partial charge in [0.25, 0.3) is 0 Å². The van der Waals surface area contributed by atoms with Crippen LogP contribution in [0, 0.1) is 0 Å². The van der Waals surface area contributed by atoms with E-state index in [1.807, 2.05) is 39.8 Å². The standard InChI is InChI=1S/C16H19ClN2O2S/c1-9-12(14(20)21-16(2,3)4)13(19-15(22)18-9)10-5-7-11(17)8-6-10/h5-8,13H,1-4H3,(H2,18,19,22). The van der Waals surface area contributed by atoms with E-state index in [4.69, 9.17) is 28.6 Å². The summed E-state index contributed by atoms with van der Waals surface area (Å²) in [6.07, 6.45) is 0. The highest BCUT2D eigenvalue weighted by molar-refractivity contribution is 7.80. The van der Waals surface area contributed by atoms with Crippen LogP contribution < -0.4 is 10.6 Å². The molecule has 0 radical (unpaired) electrons. The van der Waals surface area contributed by atoms with Gasteiger partial charge in [-0.3, -0.25) is 0 Å². The van der Waals surface area contributed by atoms with E-state index < -0.39 is 5.60 Å². The van der Waals surface area contributed by atoms with Crippen molar-refractivity contribution in [1.82, 2.24) is 10.6 Å². The first-order valence-corrected chi connectivity index (χ1v) is 7.73. The summed E-state index contributed by atoms with van der Waals surface area (Å²) < 4.78 is 5.51. The van der Waals surface area contributed by atoms with Gasteiger partial charge in [0.2, 0.25) is 0 Å². The molecule has 118 valence electrons. The highest BCUT2D eigenvalue weighted by Gasteiger charge is 2.32. The smallest absolute Gasteiger partial charge is 0.338 e. The fourth-order valence-corrected chi connectivity index (χ4v) is 2.60. The van der Waals surface area contributed by atoms with Gasteiger partial charge >= 0.3 is 5.97 Å². The van der Waals surface area contributed by atoms with E-state index in [0.717, 1.165) is 5.56 Å². The molecule has 1 atom stereocenters. The number of rotatable bonds is 2. The lowest BCUT2D eigenvalue weighted by atomic mass is 9.95. The van der Waals surface area contributed by atoms with E-state index in [0.29, 0.717) is 21.4 Å². The Morgan fingerprint density at radius 1 is 1.27 bits per heavy atom. The summed E-state index contributed by atoms with van der Waals surface area (Å²) in [7, 11) is 0. The quantitative estimate of drug-likeness (QED) is 0.638. The van der Waals surface area contributed by atoms with Crippen LogP contribution in [-0.4, -0.2) is 16.7 Å². The second-order valence-electron chi connectivity index (χ2n) is 6.12. The van der Waals surface area contributed by atoms with Crippen LogP contribution in [0.1, 0.15) is 39.3 Å². The Morgan fingerprint density at radius 2 is 1.86 bits per heavy atom. The molecular formula is C16H19ClN2O2S. The zero-order chi connectivity index (χ0) is 16.5. The largest absolute Gasteiger partial charge is 0.456 e. The topological polar surface area (TPSA) is 50.4 Å². The molecule has 2 N–H and O–H groups in total. The molecule has 1 aromatic rings. The van der Waals surface area contributed by atoms with Crippen molar-refractivity contribution in [1.29, 1.82) is 0 Å². The molecule has 2 rings (SSSR count). The summed E-state index contributed by atoms with van der Waals surface area (Å²) in [5.41, 5.74) is 1.55. The summed E-state index contributed by atoms with van der Waals surface area (Å²) >= 11 is 11.1. The Morgan fingerprint density at radius 3 is 2.41 bits per heavy atom.